The molecule has 0 spiro atoms. The second-order valence-electron chi connectivity index (χ2n) is 6.01. The van der Waals surface area contributed by atoms with Crippen molar-refractivity contribution in [2.45, 2.75) is 32.7 Å². The van der Waals surface area contributed by atoms with Crippen LogP contribution < -0.4 is 0 Å². The van der Waals surface area contributed by atoms with Crippen molar-refractivity contribution in [2.75, 3.05) is 18.8 Å². The zero-order valence-corrected chi connectivity index (χ0v) is 19.2. The molecule has 11 heteroatoms. The Morgan fingerprint density at radius 3 is 2.67 bits per heavy atom. The van der Waals surface area contributed by atoms with Crippen molar-refractivity contribution in [3.63, 3.8) is 0 Å². The first-order chi connectivity index (χ1) is 14.6. The molecule has 4 heterocycles. The first kappa shape index (κ1) is 24.0. The van der Waals surface area contributed by atoms with E-state index in [1.807, 2.05) is 36.2 Å². The third-order valence-electron chi connectivity index (χ3n) is 4.28. The number of aromatic nitrogens is 4. The van der Waals surface area contributed by atoms with Gasteiger partial charge in [0.15, 0.2) is 0 Å². The van der Waals surface area contributed by atoms with E-state index in [0.717, 1.165) is 40.3 Å². The van der Waals surface area contributed by atoms with Gasteiger partial charge in [-0.15, -0.1) is 11.3 Å². The molecule has 0 radical (unpaired) electrons. The SMILES string of the molecule is CC.CCSN1CC(CC#N)(n2cc(-c3nc(Cl)nc4ccsc34)cn2)C1.O=C=O. The van der Waals surface area contributed by atoms with E-state index in [4.69, 9.17) is 21.2 Å². The number of nitrogens with zero attached hydrogens (tertiary/aromatic N) is 6. The molecule has 0 amide bonds. The summed E-state index contributed by atoms with van der Waals surface area (Å²) in [6, 6.07) is 4.25. The molecule has 0 unspecified atom stereocenters. The summed E-state index contributed by atoms with van der Waals surface area (Å²) in [6.45, 7) is 7.77. The van der Waals surface area contributed by atoms with Gasteiger partial charge in [-0.2, -0.15) is 19.9 Å². The lowest BCUT2D eigenvalue weighted by Crippen LogP contribution is -2.60. The zero-order valence-electron chi connectivity index (χ0n) is 16.8. The summed E-state index contributed by atoms with van der Waals surface area (Å²) >= 11 is 9.45. The van der Waals surface area contributed by atoms with Crippen LogP contribution in [0.3, 0.4) is 0 Å². The Morgan fingerprint density at radius 1 is 1.33 bits per heavy atom. The summed E-state index contributed by atoms with van der Waals surface area (Å²) in [5.41, 5.74) is 2.27. The monoisotopic (exact) mass is 464 g/mol. The Morgan fingerprint density at radius 2 is 2.03 bits per heavy atom. The van der Waals surface area contributed by atoms with Crippen LogP contribution in [0.2, 0.25) is 5.28 Å². The maximum atomic E-state index is 9.27. The van der Waals surface area contributed by atoms with Crippen molar-refractivity contribution in [1.82, 2.24) is 24.1 Å². The van der Waals surface area contributed by atoms with Crippen LogP contribution in [-0.2, 0) is 15.1 Å². The van der Waals surface area contributed by atoms with Crippen LogP contribution in [0, 0.1) is 11.3 Å². The Hall–Kier alpha value is -2.28. The molecular weight excluding hydrogens is 444 g/mol. The first-order valence-electron chi connectivity index (χ1n) is 9.27. The number of carbonyl (C=O) groups excluding carboxylic acids is 2. The zero-order chi connectivity index (χ0) is 22.1. The molecule has 8 nitrogen and oxygen atoms in total. The fourth-order valence-corrected chi connectivity index (χ4v) is 5.15. The molecule has 3 aromatic heterocycles. The molecule has 0 bridgehead atoms. The van der Waals surface area contributed by atoms with Crippen molar-refractivity contribution >= 4 is 51.3 Å². The molecule has 0 N–H and O–H groups in total. The molecule has 1 saturated heterocycles. The summed E-state index contributed by atoms with van der Waals surface area (Å²) in [6.07, 6.45) is 4.46. The highest BCUT2D eigenvalue weighted by Gasteiger charge is 2.45. The molecule has 158 valence electrons. The van der Waals surface area contributed by atoms with Crippen LogP contribution in [0.1, 0.15) is 27.2 Å². The van der Waals surface area contributed by atoms with Gasteiger partial charge in [0.1, 0.15) is 5.54 Å². The standard InChI is InChI=1S/C16H15ClN6S2.C2H6.CO2/c1-2-25-22-9-16(10-22,4-5-18)23-8-11(7-19-23)13-14-12(3-6-24-14)20-15(17)21-13;1-2;2-1-3/h3,6-8H,2,4,9-10H2,1H3;1-2H3;. The lowest BCUT2D eigenvalue weighted by Gasteiger charge is -2.48. The van der Waals surface area contributed by atoms with E-state index in [1.54, 1.807) is 29.5 Å². The van der Waals surface area contributed by atoms with Gasteiger partial charge in [-0.3, -0.25) is 4.68 Å². The van der Waals surface area contributed by atoms with Gasteiger partial charge < -0.3 is 0 Å². The van der Waals surface area contributed by atoms with E-state index >= 15 is 0 Å². The molecule has 30 heavy (non-hydrogen) atoms. The van der Waals surface area contributed by atoms with Gasteiger partial charge in [0.2, 0.25) is 5.28 Å². The third kappa shape index (κ3) is 5.06. The number of fused-ring (bicyclic) bond motifs is 1. The van der Waals surface area contributed by atoms with Crippen LogP contribution in [0.15, 0.2) is 23.8 Å². The molecular formula is C19H21ClN6O2S2. The van der Waals surface area contributed by atoms with Crippen molar-refractivity contribution in [1.29, 1.82) is 5.26 Å². The van der Waals surface area contributed by atoms with Crippen molar-refractivity contribution in [2.24, 2.45) is 0 Å². The van der Waals surface area contributed by atoms with E-state index < -0.39 is 0 Å². The summed E-state index contributed by atoms with van der Waals surface area (Å²) in [4.78, 5) is 24.9. The third-order valence-corrected chi connectivity index (χ3v) is 6.24. The van der Waals surface area contributed by atoms with Gasteiger partial charge in [0, 0.05) is 30.6 Å². The minimum Gasteiger partial charge on any atom is -0.262 e. The van der Waals surface area contributed by atoms with E-state index in [0.29, 0.717) is 6.42 Å². The molecule has 0 aliphatic carbocycles. The topological polar surface area (TPSA) is 105 Å². The summed E-state index contributed by atoms with van der Waals surface area (Å²) in [5.74, 6) is 1.03. The fraction of sp³-hybridized carbons (Fsp3) is 0.421. The van der Waals surface area contributed by atoms with E-state index in [2.05, 4.69) is 32.4 Å². The second-order valence-corrected chi connectivity index (χ2v) is 8.61. The molecule has 0 aromatic carbocycles. The Labute approximate surface area is 188 Å². The Balaban J connectivity index is 0.000000590. The van der Waals surface area contributed by atoms with Gasteiger partial charge in [-0.25, -0.2) is 14.3 Å². The molecule has 1 aliphatic rings. The minimum atomic E-state index is -0.263. The predicted molar refractivity (Wildman–Crippen MR) is 118 cm³/mol. The van der Waals surface area contributed by atoms with Gasteiger partial charge in [-0.1, -0.05) is 32.7 Å². The fourth-order valence-electron chi connectivity index (χ4n) is 3.10. The molecule has 0 atom stereocenters. The maximum Gasteiger partial charge on any atom is 0.373 e. The highest BCUT2D eigenvalue weighted by molar-refractivity contribution is 7.97. The molecule has 3 aromatic rings. The summed E-state index contributed by atoms with van der Waals surface area (Å²) in [7, 11) is 0. The Kier molecular flexibility index (Phi) is 8.96. The van der Waals surface area contributed by atoms with E-state index in [1.165, 1.54) is 0 Å². The molecule has 1 aliphatic heterocycles. The number of hydrogen-bond acceptors (Lipinski definition) is 9. The van der Waals surface area contributed by atoms with E-state index in [-0.39, 0.29) is 17.0 Å². The van der Waals surface area contributed by atoms with Crippen molar-refractivity contribution in [3.05, 3.63) is 29.1 Å². The lowest BCUT2D eigenvalue weighted by molar-refractivity contribution is -0.191. The molecule has 0 saturated carbocycles. The minimum absolute atomic E-state index is 0.231. The van der Waals surface area contributed by atoms with Gasteiger partial charge in [0.25, 0.3) is 0 Å². The largest absolute Gasteiger partial charge is 0.373 e. The predicted octanol–water partition coefficient (Wildman–Crippen LogP) is 4.24. The van der Waals surface area contributed by atoms with E-state index in [9.17, 15) is 5.26 Å². The highest BCUT2D eigenvalue weighted by Crippen LogP contribution is 2.38. The first-order valence-corrected chi connectivity index (χ1v) is 11.5. The van der Waals surface area contributed by atoms with Crippen molar-refractivity contribution in [3.8, 4) is 17.3 Å². The van der Waals surface area contributed by atoms with Gasteiger partial charge in [-0.05, 0) is 23.0 Å². The number of hydrogen-bond donors (Lipinski definition) is 0. The summed E-state index contributed by atoms with van der Waals surface area (Å²) in [5, 5.41) is 16.0. The number of nitriles is 1. The number of halogens is 1. The average Bonchev–Trinajstić information content (AvgIpc) is 3.37. The van der Waals surface area contributed by atoms with Crippen molar-refractivity contribution < 1.29 is 9.59 Å². The molecule has 1 fully saturated rings. The Bertz CT molecular complexity index is 1050. The second kappa shape index (κ2) is 11.2. The average molecular weight is 465 g/mol. The van der Waals surface area contributed by atoms with Crippen LogP contribution in [-0.4, -0.2) is 49.0 Å². The maximum absolute atomic E-state index is 9.27. The van der Waals surface area contributed by atoms with Crippen LogP contribution >= 0.6 is 34.9 Å². The summed E-state index contributed by atoms with van der Waals surface area (Å²) < 4.78 is 5.20. The number of thiophene rings is 1. The van der Waals surface area contributed by atoms with Gasteiger partial charge in [0.05, 0.1) is 34.6 Å². The van der Waals surface area contributed by atoms with Crippen LogP contribution in [0.5, 0.6) is 0 Å². The normalized spacial score (nSPS) is 14.4. The van der Waals surface area contributed by atoms with Crippen LogP contribution in [0.25, 0.3) is 21.5 Å². The highest BCUT2D eigenvalue weighted by atomic mass is 35.5. The number of rotatable bonds is 5. The smallest absolute Gasteiger partial charge is 0.262 e. The quantitative estimate of drug-likeness (QED) is 0.407. The van der Waals surface area contributed by atoms with Crippen LogP contribution in [0.4, 0.5) is 0 Å². The van der Waals surface area contributed by atoms with Gasteiger partial charge >= 0.3 is 6.15 Å². The molecule has 4 rings (SSSR count). The lowest BCUT2D eigenvalue weighted by atomic mass is 9.89.